The number of benzene rings is 1. The van der Waals surface area contributed by atoms with Crippen molar-refractivity contribution in [1.29, 1.82) is 0 Å². The van der Waals surface area contributed by atoms with Crippen molar-refractivity contribution in [3.05, 3.63) is 41.7 Å². The Morgan fingerprint density at radius 1 is 1.16 bits per heavy atom. The summed E-state index contributed by atoms with van der Waals surface area (Å²) in [5.74, 6) is 1.58. The van der Waals surface area contributed by atoms with Crippen molar-refractivity contribution >= 4 is 11.6 Å². The van der Waals surface area contributed by atoms with Crippen molar-refractivity contribution in [2.45, 2.75) is 39.2 Å². The number of anilines is 1. The van der Waals surface area contributed by atoms with Crippen LogP contribution in [0.5, 0.6) is 5.75 Å². The highest BCUT2D eigenvalue weighted by Gasteiger charge is 2.31. The number of rotatable bonds is 6. The Kier molecular flexibility index (Phi) is 7.04. The maximum Gasteiger partial charge on any atom is 0.272 e. The SMILES string of the molecule is COc1ccccc1N1CCN([C@H]2CCCN(C(=O)c3cc(CC(C)C)nn3C)C2)CC1. The van der Waals surface area contributed by atoms with E-state index >= 15 is 0 Å². The average molecular weight is 440 g/mol. The highest BCUT2D eigenvalue weighted by molar-refractivity contribution is 5.92. The number of aryl methyl sites for hydroxylation is 1. The van der Waals surface area contributed by atoms with Crippen LogP contribution in [0.25, 0.3) is 0 Å². The van der Waals surface area contributed by atoms with Crippen LogP contribution in [0, 0.1) is 5.92 Å². The molecule has 0 unspecified atom stereocenters. The van der Waals surface area contributed by atoms with Crippen LogP contribution in [-0.2, 0) is 13.5 Å². The van der Waals surface area contributed by atoms with E-state index in [1.54, 1.807) is 11.8 Å². The lowest BCUT2D eigenvalue weighted by atomic mass is 10.0. The summed E-state index contributed by atoms with van der Waals surface area (Å²) in [5, 5.41) is 4.57. The van der Waals surface area contributed by atoms with E-state index in [-0.39, 0.29) is 5.91 Å². The first-order valence-electron chi connectivity index (χ1n) is 11.9. The topological polar surface area (TPSA) is 53.8 Å². The van der Waals surface area contributed by atoms with Gasteiger partial charge in [-0.3, -0.25) is 14.4 Å². The molecule has 1 atom stereocenters. The largest absolute Gasteiger partial charge is 0.495 e. The van der Waals surface area contributed by atoms with E-state index in [4.69, 9.17) is 4.74 Å². The monoisotopic (exact) mass is 439 g/mol. The lowest BCUT2D eigenvalue weighted by molar-refractivity contribution is 0.0553. The first kappa shape index (κ1) is 22.6. The minimum absolute atomic E-state index is 0.118. The van der Waals surface area contributed by atoms with E-state index in [2.05, 4.69) is 40.9 Å². The van der Waals surface area contributed by atoms with Crippen LogP contribution in [0.2, 0.25) is 0 Å². The number of ether oxygens (including phenoxy) is 1. The van der Waals surface area contributed by atoms with Gasteiger partial charge in [0.05, 0.1) is 18.5 Å². The predicted molar refractivity (Wildman–Crippen MR) is 127 cm³/mol. The number of aromatic nitrogens is 2. The van der Waals surface area contributed by atoms with Gasteiger partial charge in [-0.2, -0.15) is 5.10 Å². The molecule has 2 fully saturated rings. The van der Waals surface area contributed by atoms with Crippen LogP contribution in [-0.4, -0.2) is 77.9 Å². The summed E-state index contributed by atoms with van der Waals surface area (Å²) in [6.45, 7) is 9.97. The standard InChI is InChI=1S/C25H37N5O2/c1-19(2)16-20-17-23(27(3)26-20)25(31)30-11-7-8-21(18-30)28-12-14-29(15-13-28)22-9-5-6-10-24(22)32-4/h5-6,9-10,17,19,21H,7-8,11-16,18H2,1-4H3/t21-/m0/s1. The number of hydrogen-bond acceptors (Lipinski definition) is 5. The number of methoxy groups -OCH3 is 1. The molecule has 0 saturated carbocycles. The summed E-state index contributed by atoms with van der Waals surface area (Å²) in [7, 11) is 3.62. The Hall–Kier alpha value is -2.54. The van der Waals surface area contributed by atoms with Crippen LogP contribution in [0.4, 0.5) is 5.69 Å². The number of piperidine rings is 1. The van der Waals surface area contributed by atoms with Gasteiger partial charge in [0.2, 0.25) is 0 Å². The smallest absolute Gasteiger partial charge is 0.272 e. The number of likely N-dealkylation sites (tertiary alicyclic amines) is 1. The number of hydrogen-bond donors (Lipinski definition) is 0. The van der Waals surface area contributed by atoms with E-state index in [1.807, 2.05) is 30.1 Å². The molecule has 4 rings (SSSR count). The third kappa shape index (κ3) is 4.93. The summed E-state index contributed by atoms with van der Waals surface area (Å²) < 4.78 is 7.31. The molecule has 1 amide bonds. The van der Waals surface area contributed by atoms with Gasteiger partial charge in [0.15, 0.2) is 0 Å². The van der Waals surface area contributed by atoms with E-state index < -0.39 is 0 Å². The maximum atomic E-state index is 13.3. The van der Waals surface area contributed by atoms with E-state index in [1.165, 1.54) is 5.69 Å². The number of amides is 1. The lowest BCUT2D eigenvalue weighted by Crippen LogP contribution is -2.56. The molecule has 2 saturated heterocycles. The molecule has 0 aliphatic carbocycles. The summed E-state index contributed by atoms with van der Waals surface area (Å²) in [6, 6.07) is 10.7. The first-order valence-corrected chi connectivity index (χ1v) is 11.9. The van der Waals surface area contributed by atoms with E-state index in [9.17, 15) is 4.79 Å². The fourth-order valence-corrected chi connectivity index (χ4v) is 5.06. The molecule has 174 valence electrons. The zero-order chi connectivity index (χ0) is 22.7. The van der Waals surface area contributed by atoms with Gasteiger partial charge in [0, 0.05) is 52.4 Å². The molecule has 0 bridgehead atoms. The second kappa shape index (κ2) is 9.94. The van der Waals surface area contributed by atoms with Crippen LogP contribution in [0.1, 0.15) is 42.9 Å². The van der Waals surface area contributed by atoms with Gasteiger partial charge < -0.3 is 14.5 Å². The number of nitrogens with zero attached hydrogens (tertiary/aromatic N) is 5. The zero-order valence-electron chi connectivity index (χ0n) is 20.0. The normalized spacial score (nSPS) is 20.1. The minimum Gasteiger partial charge on any atom is -0.495 e. The number of para-hydroxylation sites is 2. The van der Waals surface area contributed by atoms with Gasteiger partial charge >= 0.3 is 0 Å². The molecule has 7 heteroatoms. The van der Waals surface area contributed by atoms with Crippen molar-refractivity contribution in [2.24, 2.45) is 13.0 Å². The Balaban J connectivity index is 1.36. The molecule has 2 aliphatic rings. The van der Waals surface area contributed by atoms with Gasteiger partial charge in [-0.15, -0.1) is 0 Å². The molecule has 2 aromatic rings. The molecular formula is C25H37N5O2. The zero-order valence-corrected chi connectivity index (χ0v) is 20.0. The van der Waals surface area contributed by atoms with E-state index in [0.29, 0.717) is 17.7 Å². The fourth-order valence-electron chi connectivity index (χ4n) is 5.06. The fraction of sp³-hybridized carbons (Fsp3) is 0.600. The van der Waals surface area contributed by atoms with Crippen LogP contribution in [0.15, 0.2) is 30.3 Å². The third-order valence-corrected chi connectivity index (χ3v) is 6.71. The Labute approximate surface area is 191 Å². The summed E-state index contributed by atoms with van der Waals surface area (Å²) in [4.78, 5) is 20.3. The van der Waals surface area contributed by atoms with Gasteiger partial charge in [0.25, 0.3) is 5.91 Å². The van der Waals surface area contributed by atoms with Crippen molar-refractivity contribution in [2.75, 3.05) is 51.3 Å². The molecule has 7 nitrogen and oxygen atoms in total. The first-order chi connectivity index (χ1) is 15.5. The number of carbonyl (C=O) groups is 1. The number of carbonyl (C=O) groups excluding carboxylic acids is 1. The molecule has 0 radical (unpaired) electrons. The Morgan fingerprint density at radius 3 is 2.62 bits per heavy atom. The quantitative estimate of drug-likeness (QED) is 0.693. The molecule has 2 aliphatic heterocycles. The summed E-state index contributed by atoms with van der Waals surface area (Å²) in [6.07, 6.45) is 3.11. The van der Waals surface area contributed by atoms with Crippen LogP contribution in [0.3, 0.4) is 0 Å². The summed E-state index contributed by atoms with van der Waals surface area (Å²) >= 11 is 0. The number of piperazine rings is 1. The van der Waals surface area contributed by atoms with Crippen molar-refractivity contribution in [3.8, 4) is 5.75 Å². The third-order valence-electron chi connectivity index (χ3n) is 6.71. The van der Waals surface area contributed by atoms with Crippen molar-refractivity contribution < 1.29 is 9.53 Å². The Morgan fingerprint density at radius 2 is 1.91 bits per heavy atom. The van der Waals surface area contributed by atoms with Crippen LogP contribution < -0.4 is 9.64 Å². The minimum atomic E-state index is 0.118. The molecule has 1 aromatic carbocycles. The molecule has 0 spiro atoms. The molecule has 0 N–H and O–H groups in total. The van der Waals surface area contributed by atoms with Gasteiger partial charge in [-0.05, 0) is 43.4 Å². The van der Waals surface area contributed by atoms with Crippen molar-refractivity contribution in [1.82, 2.24) is 19.6 Å². The molecule has 3 heterocycles. The van der Waals surface area contributed by atoms with E-state index in [0.717, 1.165) is 70.0 Å². The molecule has 32 heavy (non-hydrogen) atoms. The van der Waals surface area contributed by atoms with Gasteiger partial charge in [-0.25, -0.2) is 0 Å². The molecular weight excluding hydrogens is 402 g/mol. The predicted octanol–water partition coefficient (Wildman–Crippen LogP) is 3.05. The van der Waals surface area contributed by atoms with Crippen LogP contribution >= 0.6 is 0 Å². The van der Waals surface area contributed by atoms with Gasteiger partial charge in [-0.1, -0.05) is 26.0 Å². The second-order valence-electron chi connectivity index (χ2n) is 9.48. The van der Waals surface area contributed by atoms with Crippen molar-refractivity contribution in [3.63, 3.8) is 0 Å². The summed E-state index contributed by atoms with van der Waals surface area (Å²) in [5.41, 5.74) is 2.89. The Bertz CT molecular complexity index is 917. The second-order valence-corrected chi connectivity index (χ2v) is 9.48. The average Bonchev–Trinajstić information content (AvgIpc) is 3.17. The highest BCUT2D eigenvalue weighted by Crippen LogP contribution is 2.29. The molecule has 1 aromatic heterocycles. The van der Waals surface area contributed by atoms with Gasteiger partial charge in [0.1, 0.15) is 11.4 Å². The maximum absolute atomic E-state index is 13.3. The highest BCUT2D eigenvalue weighted by atomic mass is 16.5. The lowest BCUT2D eigenvalue weighted by Gasteiger charge is -2.44.